The van der Waals surface area contributed by atoms with E-state index < -0.39 is 5.91 Å². The van der Waals surface area contributed by atoms with Gasteiger partial charge in [-0.05, 0) is 22.0 Å². The van der Waals surface area contributed by atoms with Crippen molar-refractivity contribution in [1.82, 2.24) is 15.2 Å². The van der Waals surface area contributed by atoms with Crippen LogP contribution in [-0.2, 0) is 0 Å². The summed E-state index contributed by atoms with van der Waals surface area (Å²) in [5, 5.41) is 9.65. The highest BCUT2D eigenvalue weighted by molar-refractivity contribution is 9.10. The Morgan fingerprint density at radius 1 is 1.53 bits per heavy atom. The summed E-state index contributed by atoms with van der Waals surface area (Å²) in [4.78, 5) is 15.7. The van der Waals surface area contributed by atoms with Gasteiger partial charge in [0.2, 0.25) is 5.89 Å². The average Bonchev–Trinajstić information content (AvgIpc) is 2.67. The summed E-state index contributed by atoms with van der Waals surface area (Å²) in [7, 11) is 0. The molecule has 0 radical (unpaired) electrons. The Bertz CT molecular complexity index is 568. The minimum Gasteiger partial charge on any atom is -0.408 e. The van der Waals surface area contributed by atoms with Crippen LogP contribution in [0.25, 0.3) is 0 Å². The molecule has 2 aromatic rings. The number of aromatic nitrogens is 3. The van der Waals surface area contributed by atoms with Crippen molar-refractivity contribution in [3.05, 3.63) is 28.2 Å². The van der Waals surface area contributed by atoms with E-state index >= 15 is 0 Å². The van der Waals surface area contributed by atoms with Gasteiger partial charge in [-0.25, -0.2) is 4.98 Å². The van der Waals surface area contributed by atoms with Gasteiger partial charge in [-0.15, -0.1) is 5.10 Å². The lowest BCUT2D eigenvalue weighted by Crippen LogP contribution is -2.15. The van der Waals surface area contributed by atoms with E-state index in [1.165, 1.54) is 6.20 Å². The van der Waals surface area contributed by atoms with Crippen LogP contribution < -0.4 is 11.1 Å². The van der Waals surface area contributed by atoms with Crippen molar-refractivity contribution < 1.29 is 9.21 Å². The maximum atomic E-state index is 11.8. The number of aryl methyl sites for hydroxylation is 1. The van der Waals surface area contributed by atoms with E-state index in [4.69, 9.17) is 10.2 Å². The molecule has 0 aliphatic heterocycles. The molecular weight excluding hydrogens is 290 g/mol. The Kier molecular flexibility index (Phi) is 3.05. The number of hydrogen-bond acceptors (Lipinski definition) is 6. The molecule has 0 spiro atoms. The third-order valence-electron chi connectivity index (χ3n) is 1.88. The molecule has 0 atom stereocenters. The summed E-state index contributed by atoms with van der Waals surface area (Å²) < 4.78 is 5.67. The number of carbonyl (C=O) groups is 1. The zero-order valence-corrected chi connectivity index (χ0v) is 10.4. The molecule has 1 amide bonds. The number of hydrogen-bond donors (Lipinski definition) is 2. The van der Waals surface area contributed by atoms with Crippen LogP contribution in [0.3, 0.4) is 0 Å². The topological polar surface area (TPSA) is 107 Å². The Labute approximate surface area is 105 Å². The van der Waals surface area contributed by atoms with Gasteiger partial charge in [0, 0.05) is 17.6 Å². The highest BCUT2D eigenvalue weighted by atomic mass is 79.9. The monoisotopic (exact) mass is 297 g/mol. The van der Waals surface area contributed by atoms with Crippen LogP contribution in [0.5, 0.6) is 0 Å². The first-order valence-corrected chi connectivity index (χ1v) is 5.38. The summed E-state index contributed by atoms with van der Waals surface area (Å²) in [5.41, 5.74) is 5.82. The van der Waals surface area contributed by atoms with Gasteiger partial charge in [0.1, 0.15) is 5.82 Å². The third kappa shape index (κ3) is 2.59. The molecule has 88 valence electrons. The molecule has 0 fully saturated rings. The number of anilines is 2. The molecule has 0 saturated heterocycles. The number of nitrogens with two attached hydrogens (primary N) is 1. The van der Waals surface area contributed by atoms with Gasteiger partial charge >= 0.3 is 6.01 Å². The Morgan fingerprint density at radius 3 is 2.94 bits per heavy atom. The summed E-state index contributed by atoms with van der Waals surface area (Å²) in [6.45, 7) is 1.62. The summed E-state index contributed by atoms with van der Waals surface area (Å²) in [6.07, 6.45) is 1.50. The molecule has 2 aromatic heterocycles. The fourth-order valence-corrected chi connectivity index (χ4v) is 1.47. The summed E-state index contributed by atoms with van der Waals surface area (Å²) in [6, 6.07) is 1.58. The van der Waals surface area contributed by atoms with Gasteiger partial charge in [-0.1, -0.05) is 5.10 Å². The number of nitrogens with zero attached hydrogens (tertiary/aromatic N) is 3. The first-order valence-electron chi connectivity index (χ1n) is 4.59. The lowest BCUT2D eigenvalue weighted by atomic mass is 10.2. The number of nitrogen functional groups attached to an aromatic ring is 1. The molecule has 0 aliphatic rings. The van der Waals surface area contributed by atoms with Crippen LogP contribution in [0.4, 0.5) is 11.8 Å². The van der Waals surface area contributed by atoms with Crippen molar-refractivity contribution in [3.63, 3.8) is 0 Å². The third-order valence-corrected chi connectivity index (χ3v) is 2.31. The minimum absolute atomic E-state index is 0.0203. The van der Waals surface area contributed by atoms with E-state index in [1.54, 1.807) is 13.0 Å². The Morgan fingerprint density at radius 2 is 2.29 bits per heavy atom. The van der Waals surface area contributed by atoms with Gasteiger partial charge in [0.15, 0.2) is 0 Å². The van der Waals surface area contributed by atoms with Gasteiger partial charge in [0.25, 0.3) is 5.91 Å². The number of rotatable bonds is 2. The van der Waals surface area contributed by atoms with Crippen LogP contribution in [0.2, 0.25) is 0 Å². The number of nitrogens with one attached hydrogen (secondary N) is 1. The second-order valence-corrected chi connectivity index (χ2v) is 4.08. The number of halogens is 1. The van der Waals surface area contributed by atoms with Crippen LogP contribution in [-0.4, -0.2) is 21.1 Å². The van der Waals surface area contributed by atoms with Crippen molar-refractivity contribution in [1.29, 1.82) is 0 Å². The molecule has 7 nitrogen and oxygen atoms in total. The summed E-state index contributed by atoms with van der Waals surface area (Å²) in [5.74, 6) is 0.0301. The zero-order chi connectivity index (χ0) is 12.4. The Balaban J connectivity index is 2.22. The fourth-order valence-electron chi connectivity index (χ4n) is 1.14. The highest BCUT2D eigenvalue weighted by Gasteiger charge is 2.14. The zero-order valence-electron chi connectivity index (χ0n) is 8.77. The van der Waals surface area contributed by atoms with E-state index in [2.05, 4.69) is 36.4 Å². The molecule has 8 heteroatoms. The minimum atomic E-state index is -0.458. The smallest absolute Gasteiger partial charge is 0.322 e. The largest absolute Gasteiger partial charge is 0.408 e. The van der Waals surface area contributed by atoms with Crippen LogP contribution >= 0.6 is 15.9 Å². The summed E-state index contributed by atoms with van der Waals surface area (Å²) >= 11 is 3.20. The van der Waals surface area contributed by atoms with E-state index in [9.17, 15) is 4.79 Å². The van der Waals surface area contributed by atoms with Crippen LogP contribution in [0.1, 0.15) is 16.2 Å². The number of pyridine rings is 1. The van der Waals surface area contributed by atoms with Gasteiger partial charge in [-0.3, -0.25) is 10.1 Å². The molecule has 0 aromatic carbocycles. The van der Waals surface area contributed by atoms with Crippen molar-refractivity contribution in [2.45, 2.75) is 6.92 Å². The normalized spacial score (nSPS) is 10.2. The van der Waals surface area contributed by atoms with Gasteiger partial charge < -0.3 is 10.2 Å². The second-order valence-electron chi connectivity index (χ2n) is 3.17. The van der Waals surface area contributed by atoms with Gasteiger partial charge in [0.05, 0.1) is 5.56 Å². The van der Waals surface area contributed by atoms with Crippen LogP contribution in [0, 0.1) is 6.92 Å². The predicted octanol–water partition coefficient (Wildman–Crippen LogP) is 1.37. The molecule has 2 rings (SSSR count). The van der Waals surface area contributed by atoms with Crippen molar-refractivity contribution in [2.24, 2.45) is 0 Å². The van der Waals surface area contributed by atoms with Crippen molar-refractivity contribution in [3.8, 4) is 0 Å². The molecule has 2 heterocycles. The SMILES string of the molecule is Cc1nnc(NC(=O)c2cc(Br)cnc2N)o1. The lowest BCUT2D eigenvalue weighted by Gasteiger charge is -2.03. The molecule has 3 N–H and O–H groups in total. The first kappa shape index (κ1) is 11.5. The van der Waals surface area contributed by atoms with Crippen molar-refractivity contribution in [2.75, 3.05) is 11.1 Å². The average molecular weight is 298 g/mol. The second kappa shape index (κ2) is 4.50. The quantitative estimate of drug-likeness (QED) is 0.867. The molecular formula is C9H8BrN5O2. The lowest BCUT2D eigenvalue weighted by molar-refractivity contribution is 0.102. The molecule has 17 heavy (non-hydrogen) atoms. The molecule has 0 saturated carbocycles. The molecule has 0 aliphatic carbocycles. The van der Waals surface area contributed by atoms with Crippen molar-refractivity contribution >= 4 is 33.7 Å². The highest BCUT2D eigenvalue weighted by Crippen LogP contribution is 2.17. The molecule has 0 bridgehead atoms. The van der Waals surface area contributed by atoms with E-state index in [1.807, 2.05) is 0 Å². The fraction of sp³-hybridized carbons (Fsp3) is 0.111. The number of amides is 1. The van der Waals surface area contributed by atoms with Crippen LogP contribution in [0.15, 0.2) is 21.2 Å². The predicted molar refractivity (Wildman–Crippen MR) is 63.3 cm³/mol. The maximum Gasteiger partial charge on any atom is 0.322 e. The van der Waals surface area contributed by atoms with Gasteiger partial charge in [-0.2, -0.15) is 0 Å². The Hall–Kier alpha value is -1.96. The molecule has 0 unspecified atom stereocenters. The standard InChI is InChI=1S/C9H8BrN5O2/c1-4-14-15-9(17-4)13-8(16)6-2-5(10)3-12-7(6)11/h2-3H,1H3,(H2,11,12)(H,13,15,16). The first-order chi connectivity index (χ1) is 8.06. The van der Waals surface area contributed by atoms with E-state index in [0.717, 1.165) is 0 Å². The van der Waals surface area contributed by atoms with E-state index in [0.29, 0.717) is 10.4 Å². The maximum absolute atomic E-state index is 11.8. The van der Waals surface area contributed by atoms with E-state index in [-0.39, 0.29) is 17.4 Å². The number of carbonyl (C=O) groups excluding carboxylic acids is 1.